The number of nitrogens with two attached hydrogens (primary N) is 1. The Morgan fingerprint density at radius 3 is 1.58 bits per heavy atom. The molecule has 0 bridgehead atoms. The smallest absolute Gasteiger partial charge is 0.420 e. The molecule has 0 atom stereocenters. The summed E-state index contributed by atoms with van der Waals surface area (Å²) in [6.45, 7) is 0. The van der Waals surface area contributed by atoms with Crippen molar-refractivity contribution in [3.63, 3.8) is 0 Å². The van der Waals surface area contributed by atoms with Crippen molar-refractivity contribution in [1.29, 1.82) is 0 Å². The normalized spacial score (nSPS) is 13.0. The molecule has 0 aliphatic rings. The van der Waals surface area contributed by atoms with Gasteiger partial charge in [-0.1, -0.05) is 0 Å². The van der Waals surface area contributed by atoms with Crippen molar-refractivity contribution < 1.29 is 44.3 Å². The lowest BCUT2D eigenvalue weighted by molar-refractivity contribution is -0.141. The second-order valence-electron chi connectivity index (χ2n) is 5.06. The monoisotopic (exact) mass is 389 g/mol. The highest BCUT2D eigenvalue weighted by atomic mass is 19.4. The minimum absolute atomic E-state index is 0.0514. The number of benzene rings is 2. The summed E-state index contributed by atoms with van der Waals surface area (Å²) in [5.41, 5.74) is -0.389. The Hall–Kier alpha value is -2.59. The van der Waals surface area contributed by atoms with Gasteiger partial charge in [-0.25, -0.2) is 0 Å². The Labute approximate surface area is 140 Å². The molecule has 0 saturated heterocycles. The zero-order valence-corrected chi connectivity index (χ0v) is 12.4. The van der Waals surface area contributed by atoms with Crippen molar-refractivity contribution in [1.82, 2.24) is 0 Å². The van der Waals surface area contributed by atoms with Crippen molar-refractivity contribution in [3.8, 4) is 11.5 Å². The zero-order chi connectivity index (χ0) is 19.9. The molecule has 11 heteroatoms. The van der Waals surface area contributed by atoms with Crippen LogP contribution in [0.25, 0.3) is 0 Å². The number of anilines is 1. The standard InChI is InChI=1S/C15H8F9NO/c16-13(17,18)7-1-3-8(4-2-7)26-12-6-9(14(19,20)21)11(25)5-10(12)15(22,23)24/h1-6H,25H2. The Balaban J connectivity index is 2.50. The van der Waals surface area contributed by atoms with Gasteiger partial charge in [-0.15, -0.1) is 0 Å². The van der Waals surface area contributed by atoms with E-state index in [9.17, 15) is 39.5 Å². The molecule has 0 aromatic heterocycles. The molecule has 0 fully saturated rings. The van der Waals surface area contributed by atoms with E-state index in [-0.39, 0.29) is 12.1 Å². The molecule has 2 nitrogen and oxygen atoms in total. The van der Waals surface area contributed by atoms with Gasteiger partial charge in [0.25, 0.3) is 0 Å². The van der Waals surface area contributed by atoms with E-state index in [4.69, 9.17) is 10.5 Å². The summed E-state index contributed by atoms with van der Waals surface area (Å²) in [6.07, 6.45) is -14.8. The van der Waals surface area contributed by atoms with Crippen LogP contribution in [-0.4, -0.2) is 0 Å². The van der Waals surface area contributed by atoms with Crippen LogP contribution in [0.5, 0.6) is 11.5 Å². The molecule has 0 aliphatic heterocycles. The highest BCUT2D eigenvalue weighted by Gasteiger charge is 2.40. The van der Waals surface area contributed by atoms with E-state index in [0.29, 0.717) is 24.3 Å². The number of halogens is 9. The summed E-state index contributed by atoms with van der Waals surface area (Å²) in [5.74, 6) is -1.75. The van der Waals surface area contributed by atoms with Gasteiger partial charge < -0.3 is 10.5 Å². The quantitative estimate of drug-likeness (QED) is 0.496. The largest absolute Gasteiger partial charge is 0.457 e. The molecule has 0 saturated carbocycles. The van der Waals surface area contributed by atoms with Crippen LogP contribution < -0.4 is 10.5 Å². The molecule has 2 aromatic carbocycles. The number of ether oxygens (including phenoxy) is 1. The maximum Gasteiger partial charge on any atom is 0.420 e. The lowest BCUT2D eigenvalue weighted by atomic mass is 10.1. The Morgan fingerprint density at radius 1 is 0.654 bits per heavy atom. The number of alkyl halides is 9. The van der Waals surface area contributed by atoms with Gasteiger partial charge in [0.2, 0.25) is 0 Å². The van der Waals surface area contributed by atoms with Gasteiger partial charge in [0, 0.05) is 5.69 Å². The maximum atomic E-state index is 13.0. The number of nitrogen functional groups attached to an aromatic ring is 1. The van der Waals surface area contributed by atoms with Gasteiger partial charge in [-0.2, -0.15) is 39.5 Å². The van der Waals surface area contributed by atoms with E-state index in [0.717, 1.165) is 0 Å². The first kappa shape index (κ1) is 19.7. The van der Waals surface area contributed by atoms with Crippen molar-refractivity contribution in [2.24, 2.45) is 0 Å². The average molecular weight is 389 g/mol. The summed E-state index contributed by atoms with van der Waals surface area (Å²) in [6, 6.07) is 2.52. The second-order valence-corrected chi connectivity index (χ2v) is 5.06. The second kappa shape index (κ2) is 6.29. The van der Waals surface area contributed by atoms with Crippen LogP contribution in [0.3, 0.4) is 0 Å². The number of hydrogen-bond acceptors (Lipinski definition) is 2. The molecule has 0 aliphatic carbocycles. The van der Waals surface area contributed by atoms with Crippen LogP contribution >= 0.6 is 0 Å². The Morgan fingerprint density at radius 2 is 1.15 bits per heavy atom. The third-order valence-electron chi connectivity index (χ3n) is 3.17. The van der Waals surface area contributed by atoms with Gasteiger partial charge in [0.05, 0.1) is 11.1 Å². The fourth-order valence-corrected chi connectivity index (χ4v) is 1.99. The fourth-order valence-electron chi connectivity index (χ4n) is 1.99. The van der Waals surface area contributed by atoms with Gasteiger partial charge in [-0.05, 0) is 36.4 Å². The van der Waals surface area contributed by atoms with Crippen molar-refractivity contribution >= 4 is 5.69 Å². The summed E-state index contributed by atoms with van der Waals surface area (Å²) < 4.78 is 120. The van der Waals surface area contributed by atoms with E-state index in [1.165, 1.54) is 0 Å². The molecule has 0 spiro atoms. The van der Waals surface area contributed by atoms with E-state index in [1.807, 2.05) is 0 Å². The molecule has 2 N–H and O–H groups in total. The number of hydrogen-bond donors (Lipinski definition) is 1. The zero-order valence-electron chi connectivity index (χ0n) is 12.4. The highest BCUT2D eigenvalue weighted by molar-refractivity contribution is 5.57. The molecule has 26 heavy (non-hydrogen) atoms. The molecular formula is C15H8F9NO. The summed E-state index contributed by atoms with van der Waals surface area (Å²) >= 11 is 0. The molecule has 0 radical (unpaired) electrons. The molecule has 0 unspecified atom stereocenters. The molecule has 2 rings (SSSR count). The van der Waals surface area contributed by atoms with Gasteiger partial charge >= 0.3 is 18.5 Å². The Kier molecular flexibility index (Phi) is 4.77. The highest BCUT2D eigenvalue weighted by Crippen LogP contribution is 2.44. The van der Waals surface area contributed by atoms with E-state index >= 15 is 0 Å². The maximum absolute atomic E-state index is 13.0. The molecular weight excluding hydrogens is 381 g/mol. The lowest BCUT2D eigenvalue weighted by Crippen LogP contribution is -2.14. The van der Waals surface area contributed by atoms with E-state index in [2.05, 4.69) is 0 Å². The predicted molar refractivity (Wildman–Crippen MR) is 72.4 cm³/mol. The minimum atomic E-state index is -5.10. The van der Waals surface area contributed by atoms with Crippen molar-refractivity contribution in [2.75, 3.05) is 5.73 Å². The fraction of sp³-hybridized carbons (Fsp3) is 0.200. The van der Waals surface area contributed by atoms with Crippen LogP contribution in [-0.2, 0) is 18.5 Å². The van der Waals surface area contributed by atoms with E-state index < -0.39 is 52.4 Å². The molecule has 0 heterocycles. The van der Waals surface area contributed by atoms with Gasteiger partial charge in [-0.3, -0.25) is 0 Å². The molecule has 0 amide bonds. The van der Waals surface area contributed by atoms with Crippen molar-refractivity contribution in [3.05, 3.63) is 53.1 Å². The SMILES string of the molecule is Nc1cc(C(F)(F)F)c(Oc2ccc(C(F)(F)F)cc2)cc1C(F)(F)F. The summed E-state index contributed by atoms with van der Waals surface area (Å²) in [5, 5.41) is 0. The van der Waals surface area contributed by atoms with Crippen LogP contribution in [0.15, 0.2) is 36.4 Å². The summed E-state index contributed by atoms with van der Waals surface area (Å²) in [4.78, 5) is 0. The van der Waals surface area contributed by atoms with E-state index in [1.54, 1.807) is 0 Å². The first-order valence-electron chi connectivity index (χ1n) is 6.62. The lowest BCUT2D eigenvalue weighted by Gasteiger charge is -2.18. The third kappa shape index (κ3) is 4.33. The van der Waals surface area contributed by atoms with Crippen LogP contribution in [0.2, 0.25) is 0 Å². The van der Waals surface area contributed by atoms with Crippen LogP contribution in [0.1, 0.15) is 16.7 Å². The summed E-state index contributed by atoms with van der Waals surface area (Å²) in [7, 11) is 0. The predicted octanol–water partition coefficient (Wildman–Crippen LogP) is 6.12. The van der Waals surface area contributed by atoms with Crippen LogP contribution in [0.4, 0.5) is 45.2 Å². The molecule has 2 aromatic rings. The van der Waals surface area contributed by atoms with Crippen molar-refractivity contribution in [2.45, 2.75) is 18.5 Å². The third-order valence-corrected chi connectivity index (χ3v) is 3.17. The first-order chi connectivity index (χ1) is 11.7. The minimum Gasteiger partial charge on any atom is -0.457 e. The average Bonchev–Trinajstić information content (AvgIpc) is 2.46. The topological polar surface area (TPSA) is 35.2 Å². The first-order valence-corrected chi connectivity index (χ1v) is 6.62. The Bertz CT molecular complexity index is 789. The van der Waals surface area contributed by atoms with Gasteiger partial charge in [0.1, 0.15) is 17.1 Å². The molecule has 142 valence electrons. The van der Waals surface area contributed by atoms with Crippen LogP contribution in [0, 0.1) is 0 Å². The van der Waals surface area contributed by atoms with Gasteiger partial charge in [0.15, 0.2) is 0 Å². The number of rotatable bonds is 2.